The zero-order valence-corrected chi connectivity index (χ0v) is 12.7. The Morgan fingerprint density at radius 1 is 1.21 bits per heavy atom. The number of carboxylic acids is 1. The third kappa shape index (κ3) is 3.10. The van der Waals surface area contributed by atoms with Gasteiger partial charge < -0.3 is 19.9 Å². The molecule has 2 atom stereocenters. The van der Waals surface area contributed by atoms with Crippen LogP contribution in [0.4, 0.5) is 5.69 Å². The Morgan fingerprint density at radius 2 is 1.88 bits per heavy atom. The summed E-state index contributed by atoms with van der Waals surface area (Å²) in [5.41, 5.74) is -0.493. The Morgan fingerprint density at radius 3 is 2.46 bits per heavy atom. The first-order valence-electron chi connectivity index (χ1n) is 7.57. The summed E-state index contributed by atoms with van der Waals surface area (Å²) >= 11 is 0. The summed E-state index contributed by atoms with van der Waals surface area (Å²) in [6.45, 7) is 0.586. The maximum atomic E-state index is 12.4. The summed E-state index contributed by atoms with van der Waals surface area (Å²) in [5.74, 6) is -1.49. The lowest BCUT2D eigenvalue weighted by molar-refractivity contribution is -0.385. The lowest BCUT2D eigenvalue weighted by Gasteiger charge is -2.19. The van der Waals surface area contributed by atoms with Crippen molar-refractivity contribution in [2.45, 2.75) is 25.3 Å². The molecule has 1 amide bonds. The first-order valence-corrected chi connectivity index (χ1v) is 7.57. The highest BCUT2D eigenvalue weighted by molar-refractivity contribution is 5.99. The summed E-state index contributed by atoms with van der Waals surface area (Å²) in [6, 6.07) is 2.16. The average molecular weight is 336 g/mol. The number of nitrogens with one attached hydrogen (secondary N) is 1. The van der Waals surface area contributed by atoms with Gasteiger partial charge in [-0.3, -0.25) is 19.7 Å². The number of hydrogen-bond donors (Lipinski definition) is 2. The molecular formula is C15H16N2O7. The second-order valence-electron chi connectivity index (χ2n) is 5.79. The van der Waals surface area contributed by atoms with Gasteiger partial charge in [-0.15, -0.1) is 0 Å². The third-order valence-corrected chi connectivity index (χ3v) is 4.22. The number of fused-ring (bicyclic) bond motifs is 1. The fraction of sp³-hybridized carbons (Fsp3) is 0.467. The Bertz CT molecular complexity index is 703. The van der Waals surface area contributed by atoms with Crippen LogP contribution in [-0.2, 0) is 4.79 Å². The molecule has 0 spiro atoms. The number of benzene rings is 1. The first-order chi connectivity index (χ1) is 11.5. The monoisotopic (exact) mass is 336 g/mol. The number of carbonyl (C=O) groups is 2. The van der Waals surface area contributed by atoms with Gasteiger partial charge in [-0.1, -0.05) is 0 Å². The summed E-state index contributed by atoms with van der Waals surface area (Å²) < 4.78 is 10.7. The average Bonchev–Trinajstić information content (AvgIpc) is 3.02. The van der Waals surface area contributed by atoms with Gasteiger partial charge in [-0.05, 0) is 19.3 Å². The predicted molar refractivity (Wildman–Crippen MR) is 80.3 cm³/mol. The summed E-state index contributed by atoms with van der Waals surface area (Å²) in [4.78, 5) is 34.0. The van der Waals surface area contributed by atoms with E-state index in [1.165, 1.54) is 12.1 Å². The fourth-order valence-electron chi connectivity index (χ4n) is 3.01. The van der Waals surface area contributed by atoms with E-state index in [9.17, 15) is 19.7 Å². The standard InChI is InChI=1S/C15H16N2O7/c18-14(16-9-2-1-8(5-9)15(19)20)10-6-12-13(24-4-3-23-12)7-11(10)17(21)22/h6-9H,1-5H2,(H,16,18)(H,19,20)/t8-,9+/m1/s1. The van der Waals surface area contributed by atoms with Gasteiger partial charge >= 0.3 is 5.97 Å². The van der Waals surface area contributed by atoms with Crippen LogP contribution in [-0.4, -0.2) is 41.2 Å². The van der Waals surface area contributed by atoms with E-state index in [2.05, 4.69) is 5.32 Å². The van der Waals surface area contributed by atoms with E-state index in [0.29, 0.717) is 25.9 Å². The maximum Gasteiger partial charge on any atom is 0.306 e. The van der Waals surface area contributed by atoms with Crippen molar-refractivity contribution in [3.05, 3.63) is 27.8 Å². The van der Waals surface area contributed by atoms with Crippen molar-refractivity contribution >= 4 is 17.6 Å². The van der Waals surface area contributed by atoms with Gasteiger partial charge in [0, 0.05) is 12.1 Å². The van der Waals surface area contributed by atoms with Crippen molar-refractivity contribution in [2.24, 2.45) is 5.92 Å². The van der Waals surface area contributed by atoms with Crippen LogP contribution in [0.25, 0.3) is 0 Å². The van der Waals surface area contributed by atoms with Crippen LogP contribution < -0.4 is 14.8 Å². The predicted octanol–water partition coefficient (Wildman–Crippen LogP) is 1.35. The topological polar surface area (TPSA) is 128 Å². The number of carboxylic acid groups (broad SMARTS) is 1. The van der Waals surface area contributed by atoms with E-state index >= 15 is 0 Å². The van der Waals surface area contributed by atoms with E-state index < -0.39 is 22.7 Å². The van der Waals surface area contributed by atoms with Crippen molar-refractivity contribution in [1.29, 1.82) is 0 Å². The highest BCUT2D eigenvalue weighted by Gasteiger charge is 2.33. The van der Waals surface area contributed by atoms with Crippen LogP contribution in [0.1, 0.15) is 29.6 Å². The Balaban J connectivity index is 1.81. The van der Waals surface area contributed by atoms with E-state index in [-0.39, 0.29) is 35.4 Å². The molecule has 2 aliphatic rings. The number of nitro benzene ring substituents is 1. The summed E-state index contributed by atoms with van der Waals surface area (Å²) in [7, 11) is 0. The normalized spacial score (nSPS) is 22.0. The van der Waals surface area contributed by atoms with E-state index in [1.807, 2.05) is 0 Å². The van der Waals surface area contributed by atoms with Gasteiger partial charge in [0.25, 0.3) is 11.6 Å². The van der Waals surface area contributed by atoms with Crippen molar-refractivity contribution < 1.29 is 29.1 Å². The molecular weight excluding hydrogens is 320 g/mol. The van der Waals surface area contributed by atoms with Gasteiger partial charge in [0.15, 0.2) is 11.5 Å². The maximum absolute atomic E-state index is 12.4. The minimum Gasteiger partial charge on any atom is -0.486 e. The molecule has 0 radical (unpaired) electrons. The van der Waals surface area contributed by atoms with Crippen molar-refractivity contribution in [3.63, 3.8) is 0 Å². The van der Waals surface area contributed by atoms with E-state index in [0.717, 1.165) is 0 Å². The largest absolute Gasteiger partial charge is 0.486 e. The van der Waals surface area contributed by atoms with Gasteiger partial charge in [0.2, 0.25) is 0 Å². The van der Waals surface area contributed by atoms with Crippen LogP contribution in [0.15, 0.2) is 12.1 Å². The Kier molecular flexibility index (Phi) is 4.24. The molecule has 0 aromatic heterocycles. The first kappa shape index (κ1) is 16.0. The molecule has 24 heavy (non-hydrogen) atoms. The number of amides is 1. The Labute approximate surface area is 136 Å². The van der Waals surface area contributed by atoms with Gasteiger partial charge in [-0.25, -0.2) is 0 Å². The molecule has 1 saturated carbocycles. The molecule has 3 rings (SSSR count). The number of carbonyl (C=O) groups excluding carboxylic acids is 1. The van der Waals surface area contributed by atoms with Crippen molar-refractivity contribution in [3.8, 4) is 11.5 Å². The van der Waals surface area contributed by atoms with E-state index in [4.69, 9.17) is 14.6 Å². The van der Waals surface area contributed by atoms with Crippen LogP contribution in [0.5, 0.6) is 11.5 Å². The molecule has 0 saturated heterocycles. The van der Waals surface area contributed by atoms with E-state index in [1.54, 1.807) is 0 Å². The third-order valence-electron chi connectivity index (χ3n) is 4.22. The van der Waals surface area contributed by atoms with Crippen LogP contribution in [0, 0.1) is 16.0 Å². The zero-order valence-electron chi connectivity index (χ0n) is 12.7. The molecule has 1 heterocycles. The second kappa shape index (κ2) is 6.34. The highest BCUT2D eigenvalue weighted by atomic mass is 16.6. The number of ether oxygens (including phenoxy) is 2. The van der Waals surface area contributed by atoms with Crippen LogP contribution in [0.3, 0.4) is 0 Å². The molecule has 2 N–H and O–H groups in total. The van der Waals surface area contributed by atoms with Gasteiger partial charge in [0.05, 0.1) is 16.9 Å². The molecule has 0 bridgehead atoms. The summed E-state index contributed by atoms with van der Waals surface area (Å²) in [5, 5.41) is 22.9. The molecule has 1 fully saturated rings. The lowest BCUT2D eigenvalue weighted by atomic mass is 10.1. The van der Waals surface area contributed by atoms with Crippen molar-refractivity contribution in [2.75, 3.05) is 13.2 Å². The molecule has 1 aliphatic carbocycles. The number of nitro groups is 1. The van der Waals surface area contributed by atoms with Gasteiger partial charge in [0.1, 0.15) is 18.8 Å². The molecule has 1 aromatic carbocycles. The van der Waals surface area contributed by atoms with Crippen LogP contribution >= 0.6 is 0 Å². The van der Waals surface area contributed by atoms with Gasteiger partial charge in [-0.2, -0.15) is 0 Å². The molecule has 9 heteroatoms. The number of aliphatic carboxylic acids is 1. The van der Waals surface area contributed by atoms with Crippen molar-refractivity contribution in [1.82, 2.24) is 5.32 Å². The minimum absolute atomic E-state index is 0.122. The fourth-order valence-corrected chi connectivity index (χ4v) is 3.01. The molecule has 1 aliphatic heterocycles. The number of rotatable bonds is 4. The number of nitrogens with zero attached hydrogens (tertiary/aromatic N) is 1. The zero-order chi connectivity index (χ0) is 17.3. The Hall–Kier alpha value is -2.84. The molecule has 0 unspecified atom stereocenters. The highest BCUT2D eigenvalue weighted by Crippen LogP contribution is 2.37. The molecule has 1 aromatic rings. The summed E-state index contributed by atoms with van der Waals surface area (Å²) in [6.07, 6.45) is 1.32. The quantitative estimate of drug-likeness (QED) is 0.627. The SMILES string of the molecule is O=C(N[C@H]1CC[C@@H](C(=O)O)C1)c1cc2c(cc1[N+](=O)[O-])OCCO2. The van der Waals surface area contributed by atoms with Crippen LogP contribution in [0.2, 0.25) is 0 Å². The lowest BCUT2D eigenvalue weighted by Crippen LogP contribution is -2.34. The minimum atomic E-state index is -0.892. The number of hydrogen-bond acceptors (Lipinski definition) is 6. The molecule has 9 nitrogen and oxygen atoms in total. The smallest absolute Gasteiger partial charge is 0.306 e. The second-order valence-corrected chi connectivity index (χ2v) is 5.79. The molecule has 128 valence electrons.